The van der Waals surface area contributed by atoms with E-state index in [0.717, 1.165) is 5.56 Å². The number of halogens is 2. The molecule has 174 valence electrons. The molecular weight excluding hydrogens is 457 g/mol. The molecule has 1 heterocycles. The van der Waals surface area contributed by atoms with E-state index in [2.05, 4.69) is 0 Å². The maximum Gasteiger partial charge on any atom is 0.332 e. The van der Waals surface area contributed by atoms with Gasteiger partial charge in [-0.1, -0.05) is 42.8 Å². The largest absolute Gasteiger partial charge is 0.479 e. The highest BCUT2D eigenvalue weighted by Crippen LogP contribution is 2.35. The Morgan fingerprint density at radius 2 is 1.76 bits per heavy atom. The van der Waals surface area contributed by atoms with Gasteiger partial charge in [-0.2, -0.15) is 0 Å². The molecule has 0 saturated heterocycles. The van der Waals surface area contributed by atoms with E-state index in [1.54, 1.807) is 36.4 Å². The van der Waals surface area contributed by atoms with Crippen LogP contribution in [0.2, 0.25) is 5.02 Å². The lowest BCUT2D eigenvalue weighted by molar-refractivity contribution is -0.149. The Labute approximate surface area is 201 Å². The number of fused-ring (bicyclic) bond motifs is 1. The maximum absolute atomic E-state index is 15.2. The average Bonchev–Trinajstić information content (AvgIpc) is 3.18. The maximum atomic E-state index is 15.2. The predicted molar refractivity (Wildman–Crippen MR) is 129 cm³/mol. The summed E-state index contributed by atoms with van der Waals surface area (Å²) in [5, 5.41) is 9.92. The molecule has 0 radical (unpaired) electrons. The second-order valence-corrected chi connectivity index (χ2v) is 8.34. The van der Waals surface area contributed by atoms with Crippen LogP contribution in [0.5, 0.6) is 0 Å². The summed E-state index contributed by atoms with van der Waals surface area (Å²) in [4.78, 5) is 24.8. The molecule has 0 saturated carbocycles. The molecule has 7 heteroatoms. The molecule has 4 aromatic rings. The van der Waals surface area contributed by atoms with Gasteiger partial charge in [-0.15, -0.1) is 0 Å². The van der Waals surface area contributed by atoms with Crippen molar-refractivity contribution in [2.75, 3.05) is 0 Å². The van der Waals surface area contributed by atoms with Crippen molar-refractivity contribution in [2.45, 2.75) is 33.0 Å². The number of aliphatic carboxylic acids is 1. The fourth-order valence-electron chi connectivity index (χ4n) is 4.09. The van der Waals surface area contributed by atoms with E-state index >= 15 is 4.39 Å². The van der Waals surface area contributed by atoms with E-state index in [9.17, 15) is 14.7 Å². The lowest BCUT2D eigenvalue weighted by Crippen LogP contribution is -2.20. The van der Waals surface area contributed by atoms with Gasteiger partial charge in [0.15, 0.2) is 11.9 Å². The predicted octanol–water partition coefficient (Wildman–Crippen LogP) is 6.21. The van der Waals surface area contributed by atoms with Crippen molar-refractivity contribution >= 4 is 34.3 Å². The van der Waals surface area contributed by atoms with E-state index < -0.39 is 17.9 Å². The Bertz CT molecular complexity index is 1380. The third-order valence-corrected chi connectivity index (χ3v) is 6.03. The van der Waals surface area contributed by atoms with Crippen LogP contribution in [0.15, 0.2) is 66.7 Å². The summed E-state index contributed by atoms with van der Waals surface area (Å²) in [5.41, 5.74) is 3.33. The number of hydrogen-bond acceptors (Lipinski definition) is 3. The van der Waals surface area contributed by atoms with Crippen LogP contribution < -0.4 is 0 Å². The monoisotopic (exact) mass is 479 g/mol. The molecule has 0 aliphatic carbocycles. The highest BCUT2D eigenvalue weighted by Gasteiger charge is 2.26. The van der Waals surface area contributed by atoms with Gasteiger partial charge >= 0.3 is 5.97 Å². The lowest BCUT2D eigenvalue weighted by Gasteiger charge is -2.17. The number of aromatic nitrogens is 1. The van der Waals surface area contributed by atoms with Gasteiger partial charge in [0.2, 0.25) is 0 Å². The highest BCUT2D eigenvalue weighted by atomic mass is 35.5. The number of carboxylic acid groups (broad SMARTS) is 1. The van der Waals surface area contributed by atoms with E-state index in [4.69, 9.17) is 16.3 Å². The Morgan fingerprint density at radius 3 is 2.44 bits per heavy atom. The molecule has 0 amide bonds. The van der Waals surface area contributed by atoms with Crippen molar-refractivity contribution in [3.8, 4) is 5.69 Å². The van der Waals surface area contributed by atoms with Crippen LogP contribution in [0.25, 0.3) is 16.6 Å². The number of rotatable bonds is 8. The summed E-state index contributed by atoms with van der Waals surface area (Å²) in [5.74, 6) is -1.84. The molecule has 1 atom stereocenters. The van der Waals surface area contributed by atoms with Crippen LogP contribution in [-0.4, -0.2) is 27.5 Å². The zero-order valence-corrected chi connectivity index (χ0v) is 19.5. The number of carboxylic acids is 1. The molecule has 1 N–H and O–H groups in total. The number of carbonyl (C=O) groups excluding carboxylic acids is 1. The Hall–Kier alpha value is -3.48. The van der Waals surface area contributed by atoms with Crippen molar-refractivity contribution in [1.29, 1.82) is 0 Å². The zero-order valence-electron chi connectivity index (χ0n) is 18.7. The number of carbonyl (C=O) groups is 2. The summed E-state index contributed by atoms with van der Waals surface area (Å²) in [6.07, 6.45) is -0.525. The number of para-hydroxylation sites is 1. The minimum atomic E-state index is -1.06. The first kappa shape index (κ1) is 23.7. The first-order valence-corrected chi connectivity index (χ1v) is 11.3. The summed E-state index contributed by atoms with van der Waals surface area (Å²) in [6, 6.07) is 18.6. The van der Waals surface area contributed by atoms with E-state index in [1.807, 2.05) is 35.8 Å². The van der Waals surface area contributed by atoms with Crippen LogP contribution in [0.1, 0.15) is 41.0 Å². The number of nitrogens with zero attached hydrogens (tertiary/aromatic N) is 1. The molecule has 4 rings (SSSR count). The average molecular weight is 480 g/mol. The topological polar surface area (TPSA) is 68.5 Å². The molecule has 0 spiro atoms. The first-order chi connectivity index (χ1) is 16.3. The van der Waals surface area contributed by atoms with E-state index in [-0.39, 0.29) is 17.8 Å². The van der Waals surface area contributed by atoms with Gasteiger partial charge in [0.25, 0.3) is 0 Å². The standard InChI is InChI=1S/C27H23ClFNO4/c1-3-21-25(26(31)17-11-13-19(28)14-12-17)24-20(29)8-6-10-23(24)30(21)22-9-5-4-7-18(22)15-34-16(2)27(32)33/h4-14,16H,3,15H2,1-2H3,(H,32,33)/t16-/m0/s1. The van der Waals surface area contributed by atoms with Crippen LogP contribution >= 0.6 is 11.6 Å². The molecule has 0 fully saturated rings. The van der Waals surface area contributed by atoms with Gasteiger partial charge in [0.1, 0.15) is 5.82 Å². The van der Waals surface area contributed by atoms with Crippen LogP contribution in [0.4, 0.5) is 4.39 Å². The summed E-state index contributed by atoms with van der Waals surface area (Å²) in [7, 11) is 0. The summed E-state index contributed by atoms with van der Waals surface area (Å²) in [6.45, 7) is 3.42. The van der Waals surface area contributed by atoms with Crippen molar-refractivity contribution < 1.29 is 23.8 Å². The minimum Gasteiger partial charge on any atom is -0.479 e. The van der Waals surface area contributed by atoms with Crippen LogP contribution in [0.3, 0.4) is 0 Å². The quantitative estimate of drug-likeness (QED) is 0.305. The summed E-state index contributed by atoms with van der Waals surface area (Å²) < 4.78 is 22.6. The molecule has 3 aromatic carbocycles. The number of ketones is 1. The molecular formula is C27H23ClFNO4. The third-order valence-electron chi connectivity index (χ3n) is 5.78. The van der Waals surface area contributed by atoms with Crippen LogP contribution in [-0.2, 0) is 22.6 Å². The molecule has 0 aliphatic rings. The van der Waals surface area contributed by atoms with Gasteiger partial charge in [-0.25, -0.2) is 9.18 Å². The number of ether oxygens (including phenoxy) is 1. The molecule has 5 nitrogen and oxygen atoms in total. The zero-order chi connectivity index (χ0) is 24.4. The van der Waals surface area contributed by atoms with Gasteiger partial charge in [0.05, 0.1) is 23.4 Å². The van der Waals surface area contributed by atoms with Crippen LogP contribution in [0, 0.1) is 5.82 Å². The SMILES string of the molecule is CCc1c(C(=O)c2ccc(Cl)cc2)c2c(F)cccc2n1-c1ccccc1CO[C@@H](C)C(=O)O. The van der Waals surface area contributed by atoms with Crippen molar-refractivity contribution in [2.24, 2.45) is 0 Å². The van der Waals surface area contributed by atoms with Crippen molar-refractivity contribution in [3.05, 3.63) is 100.0 Å². The smallest absolute Gasteiger partial charge is 0.332 e. The van der Waals surface area contributed by atoms with E-state index in [0.29, 0.717) is 39.5 Å². The molecule has 0 aliphatic heterocycles. The van der Waals surface area contributed by atoms with Gasteiger partial charge in [0, 0.05) is 27.2 Å². The Kier molecular flexibility index (Phi) is 6.82. The molecule has 34 heavy (non-hydrogen) atoms. The van der Waals surface area contributed by atoms with Gasteiger partial charge in [-0.05, 0) is 55.8 Å². The second-order valence-electron chi connectivity index (χ2n) is 7.90. The molecule has 0 unspecified atom stereocenters. The molecule has 1 aromatic heterocycles. The number of hydrogen-bond donors (Lipinski definition) is 1. The normalized spacial score (nSPS) is 12.1. The Balaban J connectivity index is 1.94. The molecule has 0 bridgehead atoms. The van der Waals surface area contributed by atoms with E-state index in [1.165, 1.54) is 13.0 Å². The van der Waals surface area contributed by atoms with Gasteiger partial charge < -0.3 is 14.4 Å². The fourth-order valence-corrected chi connectivity index (χ4v) is 4.21. The van der Waals surface area contributed by atoms with Gasteiger partial charge in [-0.3, -0.25) is 4.79 Å². The lowest BCUT2D eigenvalue weighted by atomic mass is 9.99. The fraction of sp³-hybridized carbons (Fsp3) is 0.185. The number of benzene rings is 3. The first-order valence-electron chi connectivity index (χ1n) is 10.9. The highest BCUT2D eigenvalue weighted by molar-refractivity contribution is 6.30. The van der Waals surface area contributed by atoms with Crippen molar-refractivity contribution in [3.63, 3.8) is 0 Å². The van der Waals surface area contributed by atoms with Crippen molar-refractivity contribution in [1.82, 2.24) is 4.57 Å². The Morgan fingerprint density at radius 1 is 1.06 bits per heavy atom. The second kappa shape index (κ2) is 9.79. The summed E-state index contributed by atoms with van der Waals surface area (Å²) >= 11 is 5.99. The third kappa shape index (κ3) is 4.34. The minimum absolute atomic E-state index is 0.0439.